The van der Waals surface area contributed by atoms with Gasteiger partial charge in [-0.05, 0) is 44.9 Å². The molecule has 0 aliphatic heterocycles. The van der Waals surface area contributed by atoms with Gasteiger partial charge in [0.15, 0.2) is 0 Å². The second kappa shape index (κ2) is 4.47. The molecule has 0 amide bonds. The molecule has 0 unspecified atom stereocenters. The van der Waals surface area contributed by atoms with E-state index in [0.717, 1.165) is 13.0 Å². The van der Waals surface area contributed by atoms with Crippen molar-refractivity contribution in [2.75, 3.05) is 11.9 Å². The van der Waals surface area contributed by atoms with Crippen molar-refractivity contribution in [1.82, 2.24) is 0 Å². The molecule has 3 N–H and O–H groups in total. The van der Waals surface area contributed by atoms with E-state index in [4.69, 9.17) is 5.73 Å². The SMILES string of the molecule is Cc1cccc(NCCC(C)(C)N)c1. The molecule has 1 aromatic rings. The number of benzene rings is 1. The van der Waals surface area contributed by atoms with Crippen molar-refractivity contribution in [3.63, 3.8) is 0 Å². The zero-order valence-electron chi connectivity index (χ0n) is 9.30. The third-order valence-corrected chi connectivity index (χ3v) is 2.12. The number of anilines is 1. The quantitative estimate of drug-likeness (QED) is 0.769. The molecule has 0 aliphatic rings. The summed E-state index contributed by atoms with van der Waals surface area (Å²) in [6, 6.07) is 8.38. The van der Waals surface area contributed by atoms with Crippen molar-refractivity contribution >= 4 is 5.69 Å². The van der Waals surface area contributed by atoms with Crippen LogP contribution in [0.2, 0.25) is 0 Å². The lowest BCUT2D eigenvalue weighted by Gasteiger charge is -2.18. The van der Waals surface area contributed by atoms with E-state index in [9.17, 15) is 0 Å². The Morgan fingerprint density at radius 3 is 2.64 bits per heavy atom. The van der Waals surface area contributed by atoms with Gasteiger partial charge in [0.1, 0.15) is 0 Å². The Labute approximate surface area is 86.5 Å². The minimum absolute atomic E-state index is 0.0865. The first-order valence-corrected chi connectivity index (χ1v) is 5.07. The molecule has 0 aromatic heterocycles. The van der Waals surface area contributed by atoms with Crippen LogP contribution in [0, 0.1) is 6.92 Å². The van der Waals surface area contributed by atoms with Crippen LogP contribution in [0.15, 0.2) is 24.3 Å². The maximum Gasteiger partial charge on any atom is 0.0342 e. The molecule has 0 aliphatic carbocycles. The van der Waals surface area contributed by atoms with Gasteiger partial charge < -0.3 is 11.1 Å². The number of hydrogen-bond acceptors (Lipinski definition) is 2. The summed E-state index contributed by atoms with van der Waals surface area (Å²) in [6.07, 6.45) is 0.973. The van der Waals surface area contributed by atoms with Gasteiger partial charge in [-0.3, -0.25) is 0 Å². The summed E-state index contributed by atoms with van der Waals surface area (Å²) in [7, 11) is 0. The van der Waals surface area contributed by atoms with Crippen LogP contribution < -0.4 is 11.1 Å². The lowest BCUT2D eigenvalue weighted by molar-refractivity contribution is 0.491. The van der Waals surface area contributed by atoms with E-state index in [-0.39, 0.29) is 5.54 Å². The van der Waals surface area contributed by atoms with Crippen molar-refractivity contribution in [2.24, 2.45) is 5.73 Å². The lowest BCUT2D eigenvalue weighted by Crippen LogP contribution is -2.34. The molecule has 14 heavy (non-hydrogen) atoms. The zero-order chi connectivity index (χ0) is 10.6. The monoisotopic (exact) mass is 192 g/mol. The molecule has 0 atom stereocenters. The van der Waals surface area contributed by atoms with Crippen LogP contribution in [0.4, 0.5) is 5.69 Å². The van der Waals surface area contributed by atoms with Crippen LogP contribution >= 0.6 is 0 Å². The number of rotatable bonds is 4. The Balaban J connectivity index is 2.39. The van der Waals surface area contributed by atoms with Gasteiger partial charge in [-0.2, -0.15) is 0 Å². The van der Waals surface area contributed by atoms with Crippen LogP contribution in [0.5, 0.6) is 0 Å². The highest BCUT2D eigenvalue weighted by Crippen LogP contribution is 2.10. The fraction of sp³-hybridized carbons (Fsp3) is 0.500. The maximum atomic E-state index is 5.89. The van der Waals surface area contributed by atoms with E-state index in [0.29, 0.717) is 0 Å². The molecule has 0 heterocycles. The summed E-state index contributed by atoms with van der Waals surface area (Å²) >= 11 is 0. The smallest absolute Gasteiger partial charge is 0.0342 e. The third-order valence-electron chi connectivity index (χ3n) is 2.12. The molecule has 0 saturated carbocycles. The van der Waals surface area contributed by atoms with Gasteiger partial charge in [-0.25, -0.2) is 0 Å². The highest BCUT2D eigenvalue weighted by atomic mass is 14.9. The third kappa shape index (κ3) is 4.28. The van der Waals surface area contributed by atoms with E-state index in [1.165, 1.54) is 11.3 Å². The second-order valence-corrected chi connectivity index (χ2v) is 4.53. The van der Waals surface area contributed by atoms with E-state index in [1.54, 1.807) is 0 Å². The van der Waals surface area contributed by atoms with Crippen LogP contribution in [0.25, 0.3) is 0 Å². The molecule has 0 saturated heterocycles. The summed E-state index contributed by atoms with van der Waals surface area (Å²) in [4.78, 5) is 0. The molecular formula is C12H20N2. The Hall–Kier alpha value is -1.02. The molecule has 78 valence electrons. The molecule has 0 bridgehead atoms. The Bertz CT molecular complexity index is 287. The molecule has 2 nitrogen and oxygen atoms in total. The number of nitrogens with one attached hydrogen (secondary N) is 1. The van der Waals surface area contributed by atoms with Crippen molar-refractivity contribution < 1.29 is 0 Å². The van der Waals surface area contributed by atoms with Crippen LogP contribution in [0.1, 0.15) is 25.8 Å². The van der Waals surface area contributed by atoms with Crippen molar-refractivity contribution in [3.8, 4) is 0 Å². The Morgan fingerprint density at radius 1 is 1.36 bits per heavy atom. The van der Waals surface area contributed by atoms with E-state index in [1.807, 2.05) is 13.8 Å². The van der Waals surface area contributed by atoms with Crippen LogP contribution in [-0.2, 0) is 0 Å². The molecule has 2 heteroatoms. The fourth-order valence-electron chi connectivity index (χ4n) is 1.28. The van der Waals surface area contributed by atoms with Gasteiger partial charge >= 0.3 is 0 Å². The molecular weight excluding hydrogens is 172 g/mol. The molecule has 1 rings (SSSR count). The first kappa shape index (κ1) is 11.1. The Morgan fingerprint density at radius 2 is 2.07 bits per heavy atom. The average Bonchev–Trinajstić information content (AvgIpc) is 2.01. The summed E-state index contributed by atoms with van der Waals surface area (Å²) in [6.45, 7) is 7.11. The summed E-state index contributed by atoms with van der Waals surface area (Å²) in [5.74, 6) is 0. The zero-order valence-corrected chi connectivity index (χ0v) is 9.30. The lowest BCUT2D eigenvalue weighted by atomic mass is 10.0. The minimum Gasteiger partial charge on any atom is -0.385 e. The van der Waals surface area contributed by atoms with Gasteiger partial charge in [-0.15, -0.1) is 0 Å². The number of hydrogen-bond donors (Lipinski definition) is 2. The first-order chi connectivity index (χ1) is 6.47. The topological polar surface area (TPSA) is 38.0 Å². The van der Waals surface area contributed by atoms with E-state index in [2.05, 4.69) is 36.5 Å². The van der Waals surface area contributed by atoms with E-state index < -0.39 is 0 Å². The van der Waals surface area contributed by atoms with Crippen LogP contribution in [0.3, 0.4) is 0 Å². The molecule has 0 radical (unpaired) electrons. The standard InChI is InChI=1S/C12H20N2/c1-10-5-4-6-11(9-10)14-8-7-12(2,3)13/h4-6,9,14H,7-8,13H2,1-3H3. The van der Waals surface area contributed by atoms with Gasteiger partial charge in [0.05, 0.1) is 0 Å². The molecule has 0 spiro atoms. The molecule has 1 aromatic carbocycles. The summed E-state index contributed by atoms with van der Waals surface area (Å²) in [5, 5.41) is 3.36. The summed E-state index contributed by atoms with van der Waals surface area (Å²) < 4.78 is 0. The number of nitrogens with two attached hydrogens (primary N) is 1. The van der Waals surface area contributed by atoms with Gasteiger partial charge in [0.2, 0.25) is 0 Å². The minimum atomic E-state index is -0.0865. The predicted molar refractivity (Wildman–Crippen MR) is 62.6 cm³/mol. The summed E-state index contributed by atoms with van der Waals surface area (Å²) in [5.41, 5.74) is 8.26. The van der Waals surface area contributed by atoms with Crippen LogP contribution in [-0.4, -0.2) is 12.1 Å². The van der Waals surface area contributed by atoms with Crippen molar-refractivity contribution in [2.45, 2.75) is 32.7 Å². The molecule has 0 fully saturated rings. The maximum absolute atomic E-state index is 5.89. The van der Waals surface area contributed by atoms with E-state index >= 15 is 0 Å². The normalized spacial score (nSPS) is 11.4. The van der Waals surface area contributed by atoms with Crippen molar-refractivity contribution in [1.29, 1.82) is 0 Å². The highest BCUT2D eigenvalue weighted by molar-refractivity contribution is 5.45. The van der Waals surface area contributed by atoms with Crippen molar-refractivity contribution in [3.05, 3.63) is 29.8 Å². The van der Waals surface area contributed by atoms with Gasteiger partial charge in [-0.1, -0.05) is 12.1 Å². The van der Waals surface area contributed by atoms with Gasteiger partial charge in [0, 0.05) is 17.8 Å². The second-order valence-electron chi connectivity index (χ2n) is 4.53. The highest BCUT2D eigenvalue weighted by Gasteiger charge is 2.08. The largest absolute Gasteiger partial charge is 0.385 e. The Kier molecular flexibility index (Phi) is 3.53. The van der Waals surface area contributed by atoms with Gasteiger partial charge in [0.25, 0.3) is 0 Å². The number of aryl methyl sites for hydroxylation is 1. The predicted octanol–water partition coefficient (Wildman–Crippen LogP) is 2.53. The first-order valence-electron chi connectivity index (χ1n) is 5.07. The average molecular weight is 192 g/mol. The fourth-order valence-corrected chi connectivity index (χ4v) is 1.28.